The van der Waals surface area contributed by atoms with Gasteiger partial charge in [-0.1, -0.05) is 34.1 Å². The van der Waals surface area contributed by atoms with Gasteiger partial charge in [-0.15, -0.1) is 0 Å². The van der Waals surface area contributed by atoms with Gasteiger partial charge in [-0.2, -0.15) is 0 Å². The number of para-hydroxylation sites is 1. The van der Waals surface area contributed by atoms with Crippen molar-refractivity contribution in [2.24, 2.45) is 0 Å². The molecule has 3 nitrogen and oxygen atoms in total. The first kappa shape index (κ1) is 12.1. The quantitative estimate of drug-likeness (QED) is 0.759. The number of aromatic amines is 1. The Bertz CT molecular complexity index is 721. The largest absolute Gasteiger partial charge is 0.506 e. The summed E-state index contributed by atoms with van der Waals surface area (Å²) in [5.41, 5.74) is 1.67. The van der Waals surface area contributed by atoms with E-state index in [2.05, 4.69) is 20.9 Å². The van der Waals surface area contributed by atoms with E-state index in [-0.39, 0.29) is 5.75 Å². The highest BCUT2D eigenvalue weighted by Crippen LogP contribution is 2.25. The maximum Gasteiger partial charge on any atom is 0.139 e. The van der Waals surface area contributed by atoms with Gasteiger partial charge in [-0.25, -0.2) is 0 Å². The standard InChI is InChI=1S/C15H12BrNO2/c16-11-4-2-5-13(8-11)19-9-12-7-10-3-1-6-14(18)15(10)17-12/h1-8,17-18H,9H2. The molecule has 0 saturated carbocycles. The van der Waals surface area contributed by atoms with E-state index < -0.39 is 0 Å². The summed E-state index contributed by atoms with van der Waals surface area (Å²) in [7, 11) is 0. The summed E-state index contributed by atoms with van der Waals surface area (Å²) in [6, 6.07) is 15.1. The molecule has 0 amide bonds. The third-order valence-electron chi connectivity index (χ3n) is 2.88. The minimum atomic E-state index is 0.256. The van der Waals surface area contributed by atoms with Gasteiger partial charge in [0.05, 0.1) is 11.2 Å². The van der Waals surface area contributed by atoms with Crippen molar-refractivity contribution in [1.29, 1.82) is 0 Å². The molecular formula is C15H12BrNO2. The molecule has 0 fully saturated rings. The minimum Gasteiger partial charge on any atom is -0.506 e. The van der Waals surface area contributed by atoms with Crippen molar-refractivity contribution in [2.45, 2.75) is 6.61 Å². The van der Waals surface area contributed by atoms with Gasteiger partial charge in [-0.3, -0.25) is 0 Å². The van der Waals surface area contributed by atoms with Crippen molar-refractivity contribution in [3.63, 3.8) is 0 Å². The molecule has 96 valence electrons. The monoisotopic (exact) mass is 317 g/mol. The second-order valence-electron chi connectivity index (χ2n) is 4.28. The number of ether oxygens (including phenoxy) is 1. The summed E-state index contributed by atoms with van der Waals surface area (Å²) in [5, 5.41) is 10.7. The van der Waals surface area contributed by atoms with E-state index in [9.17, 15) is 5.11 Å². The zero-order valence-electron chi connectivity index (χ0n) is 10.1. The fraction of sp³-hybridized carbons (Fsp3) is 0.0667. The first-order chi connectivity index (χ1) is 9.22. The lowest BCUT2D eigenvalue weighted by atomic mass is 10.2. The predicted octanol–water partition coefficient (Wildman–Crippen LogP) is 4.22. The smallest absolute Gasteiger partial charge is 0.139 e. The zero-order chi connectivity index (χ0) is 13.2. The fourth-order valence-electron chi connectivity index (χ4n) is 1.99. The Kier molecular flexibility index (Phi) is 3.17. The van der Waals surface area contributed by atoms with E-state index >= 15 is 0 Å². The topological polar surface area (TPSA) is 45.2 Å². The summed E-state index contributed by atoms with van der Waals surface area (Å²) < 4.78 is 6.68. The number of phenols is 1. The van der Waals surface area contributed by atoms with Crippen molar-refractivity contribution in [3.05, 3.63) is 58.7 Å². The zero-order valence-corrected chi connectivity index (χ0v) is 11.6. The molecule has 4 heteroatoms. The molecule has 1 heterocycles. The lowest BCUT2D eigenvalue weighted by Gasteiger charge is -2.04. The Balaban J connectivity index is 1.80. The highest BCUT2D eigenvalue weighted by Gasteiger charge is 2.05. The first-order valence-corrected chi connectivity index (χ1v) is 6.69. The van der Waals surface area contributed by atoms with Crippen LogP contribution in [0.5, 0.6) is 11.5 Å². The molecule has 0 saturated heterocycles. The molecule has 0 aliphatic carbocycles. The van der Waals surface area contributed by atoms with Crippen LogP contribution in [0.3, 0.4) is 0 Å². The van der Waals surface area contributed by atoms with Gasteiger partial charge in [0.25, 0.3) is 0 Å². The van der Waals surface area contributed by atoms with Crippen LogP contribution < -0.4 is 4.74 Å². The Labute approximate surface area is 119 Å². The van der Waals surface area contributed by atoms with Crippen molar-refractivity contribution in [3.8, 4) is 11.5 Å². The van der Waals surface area contributed by atoms with Crippen LogP contribution in [0, 0.1) is 0 Å². The molecule has 2 N–H and O–H groups in total. The van der Waals surface area contributed by atoms with Crippen LogP contribution >= 0.6 is 15.9 Å². The second kappa shape index (κ2) is 4.97. The number of nitrogens with one attached hydrogen (secondary N) is 1. The molecule has 0 spiro atoms. The third-order valence-corrected chi connectivity index (χ3v) is 3.37. The van der Waals surface area contributed by atoms with E-state index in [4.69, 9.17) is 4.74 Å². The van der Waals surface area contributed by atoms with E-state index in [1.54, 1.807) is 6.07 Å². The minimum absolute atomic E-state index is 0.256. The van der Waals surface area contributed by atoms with Crippen LogP contribution in [0.25, 0.3) is 10.9 Å². The highest BCUT2D eigenvalue weighted by molar-refractivity contribution is 9.10. The normalized spacial score (nSPS) is 10.8. The average Bonchev–Trinajstić information content (AvgIpc) is 2.81. The van der Waals surface area contributed by atoms with Gasteiger partial charge >= 0.3 is 0 Å². The van der Waals surface area contributed by atoms with Crippen LogP contribution in [0.15, 0.2) is 53.0 Å². The predicted molar refractivity (Wildman–Crippen MR) is 78.4 cm³/mol. The SMILES string of the molecule is Oc1cccc2cc(COc3cccc(Br)c3)[nH]c12. The molecule has 3 aromatic rings. The molecule has 0 bridgehead atoms. The fourth-order valence-corrected chi connectivity index (χ4v) is 2.37. The summed E-state index contributed by atoms with van der Waals surface area (Å²) >= 11 is 3.41. The molecule has 0 aliphatic heterocycles. The maximum absolute atomic E-state index is 9.73. The van der Waals surface area contributed by atoms with E-state index in [0.717, 1.165) is 26.8 Å². The van der Waals surface area contributed by atoms with Crippen molar-refractivity contribution < 1.29 is 9.84 Å². The lowest BCUT2D eigenvalue weighted by Crippen LogP contribution is -1.95. The summed E-state index contributed by atoms with van der Waals surface area (Å²) in [6.45, 7) is 0.435. The molecule has 0 radical (unpaired) electrons. The molecule has 1 aromatic heterocycles. The Hall–Kier alpha value is -1.94. The first-order valence-electron chi connectivity index (χ1n) is 5.90. The molecule has 3 rings (SSSR count). The summed E-state index contributed by atoms with van der Waals surface area (Å²) in [6.07, 6.45) is 0. The van der Waals surface area contributed by atoms with Gasteiger partial charge < -0.3 is 14.8 Å². The molecule has 0 unspecified atom stereocenters. The Morgan fingerprint density at radius 1 is 1.11 bits per heavy atom. The number of aromatic nitrogens is 1. The molecule has 0 aliphatic rings. The number of fused-ring (bicyclic) bond motifs is 1. The van der Waals surface area contributed by atoms with Crippen LogP contribution in [-0.4, -0.2) is 10.1 Å². The van der Waals surface area contributed by atoms with Gasteiger partial charge in [-0.05, 0) is 30.3 Å². The Morgan fingerprint density at radius 3 is 2.74 bits per heavy atom. The third kappa shape index (κ3) is 2.58. The number of hydrogen-bond donors (Lipinski definition) is 2. The number of aromatic hydroxyl groups is 1. The van der Waals surface area contributed by atoms with E-state index in [0.29, 0.717) is 6.61 Å². The van der Waals surface area contributed by atoms with Crippen LogP contribution in [0.2, 0.25) is 0 Å². The number of phenolic OH excluding ortho intramolecular Hbond substituents is 1. The number of benzene rings is 2. The number of halogens is 1. The van der Waals surface area contributed by atoms with Crippen molar-refractivity contribution in [1.82, 2.24) is 4.98 Å². The molecule has 19 heavy (non-hydrogen) atoms. The summed E-state index contributed by atoms with van der Waals surface area (Å²) in [5.74, 6) is 1.06. The molecular weight excluding hydrogens is 306 g/mol. The lowest BCUT2D eigenvalue weighted by molar-refractivity contribution is 0.302. The van der Waals surface area contributed by atoms with Crippen molar-refractivity contribution in [2.75, 3.05) is 0 Å². The van der Waals surface area contributed by atoms with E-state index in [1.807, 2.05) is 42.5 Å². The van der Waals surface area contributed by atoms with Gasteiger partial charge in [0, 0.05) is 9.86 Å². The number of hydrogen-bond acceptors (Lipinski definition) is 2. The summed E-state index contributed by atoms with van der Waals surface area (Å²) in [4.78, 5) is 3.16. The molecule has 0 atom stereocenters. The van der Waals surface area contributed by atoms with E-state index in [1.165, 1.54) is 0 Å². The van der Waals surface area contributed by atoms with Crippen LogP contribution in [0.4, 0.5) is 0 Å². The van der Waals surface area contributed by atoms with Gasteiger partial charge in [0.1, 0.15) is 18.1 Å². The van der Waals surface area contributed by atoms with Crippen LogP contribution in [-0.2, 0) is 6.61 Å². The second-order valence-corrected chi connectivity index (χ2v) is 5.20. The number of H-pyrrole nitrogens is 1. The molecule has 2 aromatic carbocycles. The Morgan fingerprint density at radius 2 is 1.95 bits per heavy atom. The van der Waals surface area contributed by atoms with Gasteiger partial charge in [0.2, 0.25) is 0 Å². The average molecular weight is 318 g/mol. The maximum atomic E-state index is 9.73. The van der Waals surface area contributed by atoms with Crippen LogP contribution in [0.1, 0.15) is 5.69 Å². The highest BCUT2D eigenvalue weighted by atomic mass is 79.9. The van der Waals surface area contributed by atoms with Crippen molar-refractivity contribution >= 4 is 26.8 Å². The van der Waals surface area contributed by atoms with Gasteiger partial charge in [0.15, 0.2) is 0 Å². The number of rotatable bonds is 3.